The van der Waals surface area contributed by atoms with Crippen LogP contribution < -0.4 is 5.73 Å². The lowest BCUT2D eigenvalue weighted by atomic mass is 10.2. The van der Waals surface area contributed by atoms with Crippen molar-refractivity contribution in [2.24, 2.45) is 0 Å². The minimum Gasteiger partial charge on any atom is -0.274 e. The summed E-state index contributed by atoms with van der Waals surface area (Å²) in [5.41, 5.74) is 8.15. The van der Waals surface area contributed by atoms with Gasteiger partial charge < -0.3 is 0 Å². The second-order valence-corrected chi connectivity index (χ2v) is 3.09. The van der Waals surface area contributed by atoms with Crippen LogP contribution in [0.2, 0.25) is 0 Å². The van der Waals surface area contributed by atoms with Crippen molar-refractivity contribution in [2.75, 3.05) is 0 Å². The van der Waals surface area contributed by atoms with Crippen molar-refractivity contribution in [3.05, 3.63) is 11.1 Å². The fourth-order valence-electron chi connectivity index (χ4n) is 0.551. The van der Waals surface area contributed by atoms with Crippen molar-refractivity contribution in [3.63, 3.8) is 0 Å². The van der Waals surface area contributed by atoms with Gasteiger partial charge in [0.2, 0.25) is 5.13 Å². The van der Waals surface area contributed by atoms with Crippen LogP contribution in [0.25, 0.3) is 0 Å². The molecule has 1 N–H and O–H groups in total. The Kier molecular flexibility index (Phi) is 1.71. The van der Waals surface area contributed by atoms with E-state index in [2.05, 4.69) is 18.8 Å². The molecule has 0 amide bonds. The molecule has 1 aromatic heterocycles. The molecule has 0 spiro atoms. The zero-order chi connectivity index (χ0) is 6.85. The Labute approximate surface area is 58.7 Å². The molecule has 0 aliphatic rings. The maximum Gasteiger partial charge on any atom is 0.201 e. The summed E-state index contributed by atoms with van der Waals surface area (Å²) in [6, 6.07) is 0. The normalized spacial score (nSPS) is 10.6. The molecule has 0 fully saturated rings. The lowest BCUT2D eigenvalue weighted by molar-refractivity contribution is 0.833. The second kappa shape index (κ2) is 2.35. The van der Waals surface area contributed by atoms with E-state index >= 15 is 0 Å². The molecule has 0 atom stereocenters. The van der Waals surface area contributed by atoms with Crippen LogP contribution in [-0.2, 0) is 0 Å². The Hall–Kier alpha value is -0.570. The molecule has 2 nitrogen and oxygen atoms in total. The summed E-state index contributed by atoms with van der Waals surface area (Å²) in [6.45, 7) is 4.16. The van der Waals surface area contributed by atoms with Gasteiger partial charge in [0.1, 0.15) is 0 Å². The average molecular weight is 141 g/mol. The van der Waals surface area contributed by atoms with Gasteiger partial charge in [-0.15, -0.1) is 11.3 Å². The Morgan fingerprint density at radius 3 is 2.56 bits per heavy atom. The molecule has 0 saturated carbocycles. The summed E-state index contributed by atoms with van der Waals surface area (Å²) in [7, 11) is 0. The third-order valence-electron chi connectivity index (χ3n) is 1.11. The zero-order valence-corrected chi connectivity index (χ0v) is 6.33. The number of hydrogen-bond acceptors (Lipinski definition) is 2. The Bertz CT molecular complexity index is 193. The summed E-state index contributed by atoms with van der Waals surface area (Å²) in [4.78, 5) is 4.00. The average Bonchev–Trinajstić information content (AvgIpc) is 2.14. The van der Waals surface area contributed by atoms with Gasteiger partial charge in [-0.3, -0.25) is 5.73 Å². The summed E-state index contributed by atoms with van der Waals surface area (Å²) in [5.74, 6) is 0.459. The van der Waals surface area contributed by atoms with E-state index in [9.17, 15) is 0 Å². The molecule has 0 aliphatic heterocycles. The summed E-state index contributed by atoms with van der Waals surface area (Å²) >= 11 is 1.39. The van der Waals surface area contributed by atoms with Crippen LogP contribution in [0.15, 0.2) is 5.38 Å². The topological polar surface area (TPSA) is 36.7 Å². The Morgan fingerprint density at radius 2 is 2.33 bits per heavy atom. The highest BCUT2D eigenvalue weighted by molar-refractivity contribution is 7.13. The van der Waals surface area contributed by atoms with E-state index < -0.39 is 0 Å². The highest BCUT2D eigenvalue weighted by Gasteiger charge is 2.01. The highest BCUT2D eigenvalue weighted by atomic mass is 32.1. The Balaban J connectivity index is 2.85. The number of rotatable bonds is 1. The van der Waals surface area contributed by atoms with Gasteiger partial charge in [0.25, 0.3) is 0 Å². The number of nitrogens with zero attached hydrogens (tertiary/aromatic N) is 1. The monoisotopic (exact) mass is 141 g/mol. The first-order chi connectivity index (χ1) is 4.20. The van der Waals surface area contributed by atoms with Crippen LogP contribution in [0, 0.1) is 0 Å². The molecule has 3 heteroatoms. The molecular weight excluding hydrogens is 132 g/mol. The molecule has 1 heterocycles. The quantitative estimate of drug-likeness (QED) is 0.590. The molecule has 1 radical (unpaired) electrons. The first-order valence-corrected chi connectivity index (χ1v) is 3.75. The minimum atomic E-state index is 0.415. The molecule has 1 rings (SSSR count). The smallest absolute Gasteiger partial charge is 0.201 e. The van der Waals surface area contributed by atoms with E-state index in [1.54, 1.807) is 0 Å². The van der Waals surface area contributed by atoms with Gasteiger partial charge in [0.05, 0.1) is 5.69 Å². The van der Waals surface area contributed by atoms with Crippen molar-refractivity contribution < 1.29 is 0 Å². The number of hydrogen-bond donors (Lipinski definition) is 0. The van der Waals surface area contributed by atoms with Gasteiger partial charge in [-0.25, -0.2) is 4.98 Å². The van der Waals surface area contributed by atoms with E-state index in [-0.39, 0.29) is 0 Å². The van der Waals surface area contributed by atoms with Gasteiger partial charge in [-0.2, -0.15) is 0 Å². The highest BCUT2D eigenvalue weighted by Crippen LogP contribution is 2.19. The molecule has 0 unspecified atom stereocenters. The number of aromatic nitrogens is 1. The van der Waals surface area contributed by atoms with Crippen molar-refractivity contribution in [3.8, 4) is 0 Å². The van der Waals surface area contributed by atoms with Crippen LogP contribution in [0.4, 0.5) is 5.13 Å². The molecule has 0 aromatic carbocycles. The van der Waals surface area contributed by atoms with Gasteiger partial charge >= 0.3 is 0 Å². The molecule has 49 valence electrons. The van der Waals surface area contributed by atoms with Crippen molar-refractivity contribution in [2.45, 2.75) is 19.8 Å². The van der Waals surface area contributed by atoms with Gasteiger partial charge in [-0.05, 0) is 5.92 Å². The van der Waals surface area contributed by atoms with Crippen molar-refractivity contribution in [1.82, 2.24) is 10.7 Å². The fraction of sp³-hybridized carbons (Fsp3) is 0.500. The third kappa shape index (κ3) is 1.42. The summed E-state index contributed by atoms with van der Waals surface area (Å²) in [6.07, 6.45) is 0. The number of nitrogens with one attached hydrogen (secondary N) is 1. The first kappa shape index (κ1) is 6.55. The van der Waals surface area contributed by atoms with Crippen LogP contribution in [0.1, 0.15) is 25.5 Å². The van der Waals surface area contributed by atoms with Crippen molar-refractivity contribution >= 4 is 16.5 Å². The fourth-order valence-corrected chi connectivity index (χ4v) is 1.27. The number of thiazole rings is 1. The van der Waals surface area contributed by atoms with Crippen LogP contribution in [0.3, 0.4) is 0 Å². The molecule has 9 heavy (non-hydrogen) atoms. The maximum atomic E-state index is 7.12. The predicted molar refractivity (Wildman–Crippen MR) is 39.0 cm³/mol. The van der Waals surface area contributed by atoms with E-state index in [1.165, 1.54) is 11.3 Å². The molecular formula is C6H9N2S. The van der Waals surface area contributed by atoms with Gasteiger partial charge in [-0.1, -0.05) is 13.8 Å². The summed E-state index contributed by atoms with van der Waals surface area (Å²) in [5, 5.41) is 2.35. The van der Waals surface area contributed by atoms with Crippen LogP contribution in [-0.4, -0.2) is 4.98 Å². The van der Waals surface area contributed by atoms with E-state index in [0.717, 1.165) is 5.69 Å². The van der Waals surface area contributed by atoms with Gasteiger partial charge in [0.15, 0.2) is 0 Å². The summed E-state index contributed by atoms with van der Waals surface area (Å²) < 4.78 is 0. The second-order valence-electron chi connectivity index (χ2n) is 2.23. The Morgan fingerprint density at radius 1 is 1.67 bits per heavy atom. The molecule has 0 bridgehead atoms. The van der Waals surface area contributed by atoms with Crippen molar-refractivity contribution in [1.29, 1.82) is 0 Å². The molecule has 1 aromatic rings. The van der Waals surface area contributed by atoms with E-state index in [4.69, 9.17) is 5.73 Å². The van der Waals surface area contributed by atoms with E-state index in [1.807, 2.05) is 5.38 Å². The SMILES string of the molecule is CC(C)c1csc([NH])n1. The maximum absolute atomic E-state index is 7.12. The van der Waals surface area contributed by atoms with Crippen LogP contribution >= 0.6 is 11.3 Å². The lowest BCUT2D eigenvalue weighted by Gasteiger charge is -1.94. The lowest BCUT2D eigenvalue weighted by Crippen LogP contribution is -1.84. The zero-order valence-electron chi connectivity index (χ0n) is 5.51. The largest absolute Gasteiger partial charge is 0.274 e. The third-order valence-corrected chi connectivity index (χ3v) is 1.79. The minimum absolute atomic E-state index is 0.415. The van der Waals surface area contributed by atoms with E-state index in [0.29, 0.717) is 11.0 Å². The first-order valence-electron chi connectivity index (χ1n) is 2.87. The predicted octanol–water partition coefficient (Wildman–Crippen LogP) is 2.18. The molecule has 0 aliphatic carbocycles. The molecule has 0 saturated heterocycles. The van der Waals surface area contributed by atoms with Gasteiger partial charge in [0, 0.05) is 5.38 Å². The van der Waals surface area contributed by atoms with Crippen LogP contribution in [0.5, 0.6) is 0 Å². The standard InChI is InChI=1S/C6H9N2S/c1-4(2)5-3-9-6(7)8-5/h3-4,7H,1-2H3.